The zero-order chi connectivity index (χ0) is 15.3. The third-order valence-corrected chi connectivity index (χ3v) is 5.27. The highest BCUT2D eigenvalue weighted by Crippen LogP contribution is 2.21. The molecule has 20 heavy (non-hydrogen) atoms. The first-order valence-electron chi connectivity index (χ1n) is 7.14. The molecule has 2 atom stereocenters. The molecule has 0 fully saturated rings. The molecule has 116 valence electrons. The maximum absolute atomic E-state index is 12.4. The van der Waals surface area contributed by atoms with Crippen LogP contribution in [0.4, 0.5) is 0 Å². The monoisotopic (exact) mass is 302 g/mol. The fraction of sp³-hybridized carbons (Fsp3) is 0.714. The molecule has 0 saturated carbocycles. The Bertz CT molecular complexity index is 523. The summed E-state index contributed by atoms with van der Waals surface area (Å²) in [6.07, 6.45) is 0.930. The zero-order valence-electron chi connectivity index (χ0n) is 13.0. The molecule has 0 amide bonds. The lowest BCUT2D eigenvalue weighted by molar-refractivity contribution is 0.432. The van der Waals surface area contributed by atoms with E-state index >= 15 is 0 Å². The van der Waals surface area contributed by atoms with Crippen LogP contribution in [-0.4, -0.2) is 21.0 Å². The van der Waals surface area contributed by atoms with Crippen LogP contribution in [0.2, 0.25) is 0 Å². The van der Waals surface area contributed by atoms with Crippen LogP contribution in [0.5, 0.6) is 0 Å². The summed E-state index contributed by atoms with van der Waals surface area (Å²) in [7, 11) is -3.52. The van der Waals surface area contributed by atoms with E-state index in [0.29, 0.717) is 24.0 Å². The highest BCUT2D eigenvalue weighted by molar-refractivity contribution is 7.89. The smallest absolute Gasteiger partial charge is 0.244 e. The van der Waals surface area contributed by atoms with Gasteiger partial charge in [-0.1, -0.05) is 27.2 Å². The number of furan rings is 1. The van der Waals surface area contributed by atoms with Gasteiger partial charge < -0.3 is 9.73 Å². The van der Waals surface area contributed by atoms with Gasteiger partial charge in [-0.25, -0.2) is 13.1 Å². The van der Waals surface area contributed by atoms with Crippen LogP contribution in [0.25, 0.3) is 0 Å². The van der Waals surface area contributed by atoms with Crippen LogP contribution in [0, 0.1) is 12.8 Å². The summed E-state index contributed by atoms with van der Waals surface area (Å²) >= 11 is 0. The molecule has 6 heteroatoms. The third kappa shape index (κ3) is 4.33. The fourth-order valence-corrected chi connectivity index (χ4v) is 3.46. The van der Waals surface area contributed by atoms with Crippen LogP contribution in [0.1, 0.15) is 45.6 Å². The predicted octanol–water partition coefficient (Wildman–Crippen LogP) is 2.41. The van der Waals surface area contributed by atoms with E-state index in [0.717, 1.165) is 13.0 Å². The SMILES string of the molecule is CCNCc1cc(S(=O)(=O)NC(C)C(C)CC)c(C)o1. The number of rotatable bonds is 8. The van der Waals surface area contributed by atoms with Crippen LogP contribution in [0.3, 0.4) is 0 Å². The van der Waals surface area contributed by atoms with Gasteiger partial charge in [-0.15, -0.1) is 0 Å². The first-order valence-corrected chi connectivity index (χ1v) is 8.62. The molecule has 2 unspecified atom stereocenters. The Labute approximate surface area is 122 Å². The molecule has 0 radical (unpaired) electrons. The second kappa shape index (κ2) is 7.24. The van der Waals surface area contributed by atoms with Gasteiger partial charge in [0.15, 0.2) is 0 Å². The van der Waals surface area contributed by atoms with Gasteiger partial charge in [-0.05, 0) is 26.3 Å². The minimum Gasteiger partial charge on any atom is -0.464 e. The van der Waals surface area contributed by atoms with E-state index in [9.17, 15) is 8.42 Å². The summed E-state index contributed by atoms with van der Waals surface area (Å²) in [4.78, 5) is 0.237. The predicted molar refractivity (Wildman–Crippen MR) is 80.1 cm³/mol. The molecule has 2 N–H and O–H groups in total. The van der Waals surface area contributed by atoms with Crippen LogP contribution in [0.15, 0.2) is 15.4 Å². The molecular formula is C14H26N2O3S. The van der Waals surface area contributed by atoms with Crippen molar-refractivity contribution in [2.45, 2.75) is 58.5 Å². The molecular weight excluding hydrogens is 276 g/mol. The molecule has 5 nitrogen and oxygen atoms in total. The molecule has 0 aromatic carbocycles. The van der Waals surface area contributed by atoms with E-state index in [4.69, 9.17) is 4.42 Å². The van der Waals surface area contributed by atoms with Crippen LogP contribution >= 0.6 is 0 Å². The van der Waals surface area contributed by atoms with Crippen molar-refractivity contribution in [1.82, 2.24) is 10.0 Å². The minimum absolute atomic E-state index is 0.100. The summed E-state index contributed by atoms with van der Waals surface area (Å²) in [5, 5.41) is 3.12. The Balaban J connectivity index is 2.89. The van der Waals surface area contributed by atoms with Crippen molar-refractivity contribution in [3.63, 3.8) is 0 Å². The molecule has 0 bridgehead atoms. The fourth-order valence-electron chi connectivity index (χ4n) is 1.90. The van der Waals surface area contributed by atoms with Crippen molar-refractivity contribution in [3.8, 4) is 0 Å². The van der Waals surface area contributed by atoms with Gasteiger partial charge in [0.05, 0.1) is 6.54 Å². The van der Waals surface area contributed by atoms with Gasteiger partial charge in [-0.3, -0.25) is 0 Å². The average Bonchev–Trinajstić information content (AvgIpc) is 2.76. The van der Waals surface area contributed by atoms with Crippen molar-refractivity contribution in [1.29, 1.82) is 0 Å². The summed E-state index contributed by atoms with van der Waals surface area (Å²) in [6, 6.07) is 1.50. The molecule has 1 rings (SSSR count). The van der Waals surface area contributed by atoms with E-state index in [1.807, 2.05) is 27.7 Å². The number of hydrogen-bond donors (Lipinski definition) is 2. The number of aryl methyl sites for hydroxylation is 1. The summed E-state index contributed by atoms with van der Waals surface area (Å²) in [5.41, 5.74) is 0. The molecule has 0 saturated heterocycles. The molecule has 0 aliphatic rings. The maximum Gasteiger partial charge on any atom is 0.244 e. The first-order chi connectivity index (χ1) is 9.31. The number of hydrogen-bond acceptors (Lipinski definition) is 4. The zero-order valence-corrected chi connectivity index (χ0v) is 13.8. The number of sulfonamides is 1. The summed E-state index contributed by atoms with van der Waals surface area (Å²) in [6.45, 7) is 11.0. The molecule has 1 aromatic rings. The molecule has 0 spiro atoms. The highest BCUT2D eigenvalue weighted by atomic mass is 32.2. The second-order valence-electron chi connectivity index (χ2n) is 5.21. The quantitative estimate of drug-likeness (QED) is 0.773. The van der Waals surface area contributed by atoms with E-state index in [1.54, 1.807) is 13.0 Å². The van der Waals surface area contributed by atoms with Gasteiger partial charge in [-0.2, -0.15) is 0 Å². The second-order valence-corrected chi connectivity index (χ2v) is 6.89. The standard InChI is InChI=1S/C14H26N2O3S/c1-6-10(3)11(4)16-20(17,18)14-8-13(9-15-7-2)19-12(14)5/h8,10-11,15-16H,6-7,9H2,1-5H3. The van der Waals surface area contributed by atoms with E-state index < -0.39 is 10.0 Å². The Hall–Kier alpha value is -0.850. The van der Waals surface area contributed by atoms with Gasteiger partial charge >= 0.3 is 0 Å². The lowest BCUT2D eigenvalue weighted by Gasteiger charge is -2.19. The average molecular weight is 302 g/mol. The lowest BCUT2D eigenvalue weighted by atomic mass is 10.0. The molecule has 0 aliphatic carbocycles. The molecule has 1 heterocycles. The van der Waals surface area contributed by atoms with E-state index in [1.165, 1.54) is 0 Å². The van der Waals surface area contributed by atoms with Crippen molar-refractivity contribution in [2.24, 2.45) is 5.92 Å². The molecule has 0 aliphatic heterocycles. The Morgan fingerprint density at radius 1 is 1.30 bits per heavy atom. The van der Waals surface area contributed by atoms with Crippen molar-refractivity contribution < 1.29 is 12.8 Å². The van der Waals surface area contributed by atoms with Gasteiger partial charge in [0.25, 0.3) is 0 Å². The largest absolute Gasteiger partial charge is 0.464 e. The van der Waals surface area contributed by atoms with Crippen LogP contribution in [-0.2, 0) is 16.6 Å². The van der Waals surface area contributed by atoms with Gasteiger partial charge in [0.1, 0.15) is 16.4 Å². The maximum atomic E-state index is 12.4. The van der Waals surface area contributed by atoms with Crippen molar-refractivity contribution in [2.75, 3.05) is 6.54 Å². The normalized spacial score (nSPS) is 15.2. The van der Waals surface area contributed by atoms with E-state index in [-0.39, 0.29) is 10.9 Å². The lowest BCUT2D eigenvalue weighted by Crippen LogP contribution is -2.36. The Morgan fingerprint density at radius 3 is 2.50 bits per heavy atom. The molecule has 1 aromatic heterocycles. The number of nitrogens with one attached hydrogen (secondary N) is 2. The van der Waals surface area contributed by atoms with Gasteiger partial charge in [0, 0.05) is 12.1 Å². The summed E-state index contributed by atoms with van der Waals surface area (Å²) < 4.78 is 33.0. The van der Waals surface area contributed by atoms with Crippen molar-refractivity contribution in [3.05, 3.63) is 17.6 Å². The van der Waals surface area contributed by atoms with Gasteiger partial charge in [0.2, 0.25) is 10.0 Å². The summed E-state index contributed by atoms with van der Waals surface area (Å²) in [5.74, 6) is 1.36. The highest BCUT2D eigenvalue weighted by Gasteiger charge is 2.24. The third-order valence-electron chi connectivity index (χ3n) is 3.60. The van der Waals surface area contributed by atoms with E-state index in [2.05, 4.69) is 10.0 Å². The van der Waals surface area contributed by atoms with Crippen LogP contribution < -0.4 is 10.0 Å². The topological polar surface area (TPSA) is 71.3 Å². The first kappa shape index (κ1) is 17.2. The Kier molecular flexibility index (Phi) is 6.23. The Morgan fingerprint density at radius 2 is 1.95 bits per heavy atom. The minimum atomic E-state index is -3.52. The van der Waals surface area contributed by atoms with Crippen molar-refractivity contribution >= 4 is 10.0 Å².